The highest BCUT2D eigenvalue weighted by atomic mass is 32.1. The number of rotatable bonds is 1. The fourth-order valence-corrected chi connectivity index (χ4v) is 2.66. The summed E-state index contributed by atoms with van der Waals surface area (Å²) < 4.78 is 0. The molecule has 0 fully saturated rings. The Morgan fingerprint density at radius 1 is 1.36 bits per heavy atom. The fraction of sp³-hybridized carbons (Fsp3) is 0.667. The van der Waals surface area contributed by atoms with E-state index in [0.29, 0.717) is 6.04 Å². The summed E-state index contributed by atoms with van der Waals surface area (Å²) >= 11 is 1.90. The lowest BCUT2D eigenvalue weighted by Gasteiger charge is -2.30. The van der Waals surface area contributed by atoms with Crippen LogP contribution in [0.3, 0.4) is 0 Å². The lowest BCUT2D eigenvalue weighted by molar-refractivity contribution is 0.206. The van der Waals surface area contributed by atoms with Crippen LogP contribution in [0.5, 0.6) is 0 Å². The number of nitrogens with zero attached hydrogens (tertiary/aromatic N) is 1. The van der Waals surface area contributed by atoms with Gasteiger partial charge in [0, 0.05) is 24.0 Å². The Morgan fingerprint density at radius 3 is 2.71 bits per heavy atom. The monoisotopic (exact) mass is 211 g/mol. The summed E-state index contributed by atoms with van der Waals surface area (Å²) in [5, 5.41) is 2.22. The van der Waals surface area contributed by atoms with Gasteiger partial charge in [-0.3, -0.25) is 4.90 Å². The van der Waals surface area contributed by atoms with Crippen LogP contribution in [0.15, 0.2) is 11.4 Å². The second kappa shape index (κ2) is 5.52. The molecule has 1 aliphatic heterocycles. The molecule has 1 aromatic rings. The summed E-state index contributed by atoms with van der Waals surface area (Å²) in [6, 6.07) is 2.97. The van der Waals surface area contributed by atoms with Gasteiger partial charge in [0.25, 0.3) is 0 Å². The van der Waals surface area contributed by atoms with Crippen LogP contribution in [0.2, 0.25) is 0 Å². The maximum atomic E-state index is 2.54. The Labute approximate surface area is 91.8 Å². The van der Waals surface area contributed by atoms with Crippen LogP contribution in [0.25, 0.3) is 0 Å². The lowest BCUT2D eigenvalue weighted by atomic mass is 10.1. The summed E-state index contributed by atoms with van der Waals surface area (Å²) in [5.41, 5.74) is 1.58. The van der Waals surface area contributed by atoms with E-state index in [9.17, 15) is 0 Å². The summed E-state index contributed by atoms with van der Waals surface area (Å²) in [5.74, 6) is 0. The molecule has 0 aliphatic carbocycles. The van der Waals surface area contributed by atoms with Crippen molar-refractivity contribution >= 4 is 11.3 Å². The summed E-state index contributed by atoms with van der Waals surface area (Å²) in [6.45, 7) is 11.0. The maximum Gasteiger partial charge on any atom is 0.0333 e. The third-order valence-electron chi connectivity index (χ3n) is 2.58. The van der Waals surface area contributed by atoms with E-state index >= 15 is 0 Å². The van der Waals surface area contributed by atoms with Gasteiger partial charge in [0.15, 0.2) is 0 Å². The first-order chi connectivity index (χ1) is 6.77. The van der Waals surface area contributed by atoms with Crippen molar-refractivity contribution < 1.29 is 0 Å². The predicted molar refractivity (Wildman–Crippen MR) is 64.9 cm³/mol. The van der Waals surface area contributed by atoms with Crippen molar-refractivity contribution in [3.05, 3.63) is 21.9 Å². The number of hydrogen-bond donors (Lipinski definition) is 0. The van der Waals surface area contributed by atoms with Gasteiger partial charge in [-0.05, 0) is 37.3 Å². The molecule has 14 heavy (non-hydrogen) atoms. The van der Waals surface area contributed by atoms with E-state index in [4.69, 9.17) is 0 Å². The molecule has 1 nitrogen and oxygen atoms in total. The van der Waals surface area contributed by atoms with Crippen LogP contribution in [-0.4, -0.2) is 17.5 Å². The van der Waals surface area contributed by atoms with Crippen LogP contribution < -0.4 is 0 Å². The predicted octanol–water partition coefficient (Wildman–Crippen LogP) is 3.54. The van der Waals surface area contributed by atoms with E-state index in [-0.39, 0.29) is 0 Å². The summed E-state index contributed by atoms with van der Waals surface area (Å²) in [6.07, 6.45) is 1.25. The molecular weight excluding hydrogens is 190 g/mol. The molecular formula is C12H21NS. The molecule has 0 saturated heterocycles. The van der Waals surface area contributed by atoms with E-state index in [0.717, 1.165) is 0 Å². The van der Waals surface area contributed by atoms with E-state index in [1.54, 1.807) is 10.4 Å². The highest BCUT2D eigenvalue weighted by molar-refractivity contribution is 7.10. The van der Waals surface area contributed by atoms with Crippen molar-refractivity contribution in [2.75, 3.05) is 6.54 Å². The average molecular weight is 211 g/mol. The van der Waals surface area contributed by atoms with Gasteiger partial charge in [-0.1, -0.05) is 13.8 Å². The van der Waals surface area contributed by atoms with E-state index in [1.807, 2.05) is 25.2 Å². The minimum atomic E-state index is 0.695. The topological polar surface area (TPSA) is 3.24 Å². The molecule has 0 bridgehead atoms. The number of fused-ring (bicyclic) bond motifs is 1. The molecule has 0 N–H and O–H groups in total. The number of thiophene rings is 1. The first-order valence-electron chi connectivity index (χ1n) is 5.56. The van der Waals surface area contributed by atoms with Gasteiger partial charge in [-0.25, -0.2) is 0 Å². The normalized spacial score (nSPS) is 16.1. The smallest absolute Gasteiger partial charge is 0.0333 e. The highest BCUT2D eigenvalue weighted by Gasteiger charge is 2.18. The lowest BCUT2D eigenvalue weighted by Crippen LogP contribution is -2.35. The van der Waals surface area contributed by atoms with E-state index < -0.39 is 0 Å². The van der Waals surface area contributed by atoms with Gasteiger partial charge >= 0.3 is 0 Å². The second-order valence-corrected chi connectivity index (χ2v) is 4.68. The molecule has 1 aliphatic rings. The van der Waals surface area contributed by atoms with Gasteiger partial charge in [0.1, 0.15) is 0 Å². The zero-order chi connectivity index (χ0) is 10.6. The maximum absolute atomic E-state index is 2.54. The van der Waals surface area contributed by atoms with Gasteiger partial charge in [0.05, 0.1) is 0 Å². The Morgan fingerprint density at radius 2 is 2.07 bits per heavy atom. The third kappa shape index (κ3) is 2.58. The molecule has 0 unspecified atom stereocenters. The van der Waals surface area contributed by atoms with E-state index in [2.05, 4.69) is 30.2 Å². The molecule has 0 aromatic carbocycles. The van der Waals surface area contributed by atoms with Crippen molar-refractivity contribution in [1.82, 2.24) is 4.90 Å². The Kier molecular flexibility index (Phi) is 4.63. The van der Waals surface area contributed by atoms with Crippen LogP contribution in [0.1, 0.15) is 38.1 Å². The number of hydrogen-bond acceptors (Lipinski definition) is 2. The molecule has 1 aromatic heterocycles. The van der Waals surface area contributed by atoms with Gasteiger partial charge in [0.2, 0.25) is 0 Å². The van der Waals surface area contributed by atoms with Crippen molar-refractivity contribution in [1.29, 1.82) is 0 Å². The molecule has 80 valence electrons. The van der Waals surface area contributed by atoms with Crippen molar-refractivity contribution in [3.8, 4) is 0 Å². The molecule has 2 rings (SSSR count). The Bertz CT molecular complexity index is 265. The molecule has 2 heteroatoms. The van der Waals surface area contributed by atoms with Crippen molar-refractivity contribution in [3.63, 3.8) is 0 Å². The summed E-state index contributed by atoms with van der Waals surface area (Å²) in [4.78, 5) is 4.12. The van der Waals surface area contributed by atoms with Crippen LogP contribution >= 0.6 is 11.3 Å². The first-order valence-corrected chi connectivity index (χ1v) is 6.44. The van der Waals surface area contributed by atoms with Gasteiger partial charge in [-0.15, -0.1) is 11.3 Å². The fourth-order valence-electron chi connectivity index (χ4n) is 1.70. The quantitative estimate of drug-likeness (QED) is 0.687. The third-order valence-corrected chi connectivity index (χ3v) is 3.53. The molecule has 2 heterocycles. The molecule has 0 radical (unpaired) electrons. The van der Waals surface area contributed by atoms with Crippen molar-refractivity contribution in [2.24, 2.45) is 0 Å². The van der Waals surface area contributed by atoms with Gasteiger partial charge < -0.3 is 0 Å². The van der Waals surface area contributed by atoms with Crippen LogP contribution in [0, 0.1) is 0 Å². The second-order valence-electron chi connectivity index (χ2n) is 3.68. The van der Waals surface area contributed by atoms with Crippen LogP contribution in [-0.2, 0) is 13.0 Å². The average Bonchev–Trinajstić information content (AvgIpc) is 2.67. The van der Waals surface area contributed by atoms with Crippen molar-refractivity contribution in [2.45, 2.75) is 46.7 Å². The molecule has 0 atom stereocenters. The zero-order valence-electron chi connectivity index (χ0n) is 9.71. The minimum Gasteiger partial charge on any atom is -0.296 e. The Balaban J connectivity index is 0.000000461. The SMILES string of the molecule is CC.CC(C)N1CCc2ccsc2C1. The molecule has 0 amide bonds. The van der Waals surface area contributed by atoms with Crippen LogP contribution in [0.4, 0.5) is 0 Å². The standard InChI is InChI=1S/C10H15NS.C2H6/c1-8(2)11-5-3-9-4-6-12-10(9)7-11;1-2/h4,6,8H,3,5,7H2,1-2H3;1-2H3. The highest BCUT2D eigenvalue weighted by Crippen LogP contribution is 2.24. The largest absolute Gasteiger partial charge is 0.296 e. The summed E-state index contributed by atoms with van der Waals surface area (Å²) in [7, 11) is 0. The van der Waals surface area contributed by atoms with Gasteiger partial charge in [-0.2, -0.15) is 0 Å². The minimum absolute atomic E-state index is 0.695. The zero-order valence-corrected chi connectivity index (χ0v) is 10.5. The van der Waals surface area contributed by atoms with E-state index in [1.165, 1.54) is 19.5 Å². The molecule has 0 saturated carbocycles. The first kappa shape index (κ1) is 11.7. The molecule has 0 spiro atoms. The Hall–Kier alpha value is -0.340.